The Bertz CT molecular complexity index is 350. The number of aryl methyl sites for hydroxylation is 1. The molecule has 1 aromatic heterocycles. The molecule has 4 heteroatoms. The van der Waals surface area contributed by atoms with E-state index in [4.69, 9.17) is 0 Å². The second-order valence-corrected chi connectivity index (χ2v) is 5.20. The Balaban J connectivity index is 2.86. The van der Waals surface area contributed by atoms with Gasteiger partial charge in [-0.1, -0.05) is 0 Å². The first-order valence-corrected chi connectivity index (χ1v) is 5.70. The minimum absolute atomic E-state index is 0.382. The van der Waals surface area contributed by atoms with E-state index in [-0.39, 0.29) is 5.54 Å². The number of hydrogen-bond acceptors (Lipinski definition) is 3. The predicted octanol–water partition coefficient (Wildman–Crippen LogP) is 2.72. The maximum Gasteiger partial charge on any atom is 0.126 e. The van der Waals surface area contributed by atoms with Crippen LogP contribution in [0.1, 0.15) is 26.3 Å². The molecule has 0 spiro atoms. The Hall–Kier alpha value is -0.610. The predicted molar refractivity (Wildman–Crippen MR) is 66.1 cm³/mol. The van der Waals surface area contributed by atoms with Gasteiger partial charge in [-0.05, 0) is 55.3 Å². The first-order valence-electron chi connectivity index (χ1n) is 4.91. The zero-order valence-corrected chi connectivity index (χ0v) is 11.1. The zero-order chi connectivity index (χ0) is 11.6. The highest BCUT2D eigenvalue weighted by Gasteiger charge is 2.24. The van der Waals surface area contributed by atoms with Crippen LogP contribution in [0.25, 0.3) is 0 Å². The lowest BCUT2D eigenvalue weighted by Crippen LogP contribution is -2.42. The summed E-state index contributed by atoms with van der Waals surface area (Å²) in [6.07, 6.45) is 1.32. The van der Waals surface area contributed by atoms with E-state index in [9.17, 15) is 5.11 Å². The number of hydrogen-bond donors (Lipinski definition) is 2. The van der Waals surface area contributed by atoms with E-state index in [0.717, 1.165) is 15.9 Å². The molecule has 15 heavy (non-hydrogen) atoms. The van der Waals surface area contributed by atoms with Crippen molar-refractivity contribution in [2.45, 2.75) is 39.3 Å². The van der Waals surface area contributed by atoms with Gasteiger partial charge in [-0.15, -0.1) is 0 Å². The SMILES string of the molecule is Cc1cc(NC(C)(C)C(C)O)ncc1Br. The summed E-state index contributed by atoms with van der Waals surface area (Å²) >= 11 is 3.40. The normalized spacial score (nSPS) is 13.7. The monoisotopic (exact) mass is 272 g/mol. The van der Waals surface area contributed by atoms with Gasteiger partial charge in [-0.2, -0.15) is 0 Å². The molecule has 0 aromatic carbocycles. The number of aliphatic hydroxyl groups excluding tert-OH is 1. The van der Waals surface area contributed by atoms with E-state index < -0.39 is 6.10 Å². The van der Waals surface area contributed by atoms with Gasteiger partial charge in [-0.3, -0.25) is 0 Å². The standard InChI is InChI=1S/C11H17BrN2O/c1-7-5-10(13-6-9(7)12)14-11(3,4)8(2)15/h5-6,8,15H,1-4H3,(H,13,14). The van der Waals surface area contributed by atoms with Crippen LogP contribution in [0.3, 0.4) is 0 Å². The first kappa shape index (κ1) is 12.5. The molecule has 1 atom stereocenters. The number of anilines is 1. The molecule has 0 aliphatic heterocycles. The number of aliphatic hydroxyl groups is 1. The molecule has 0 saturated heterocycles. The molecule has 0 radical (unpaired) electrons. The van der Waals surface area contributed by atoms with E-state index >= 15 is 0 Å². The minimum atomic E-state index is -0.441. The maximum atomic E-state index is 9.57. The molecular weight excluding hydrogens is 256 g/mol. The molecular formula is C11H17BrN2O. The van der Waals surface area contributed by atoms with E-state index in [1.807, 2.05) is 26.8 Å². The fraction of sp³-hybridized carbons (Fsp3) is 0.545. The Morgan fingerprint density at radius 1 is 1.53 bits per heavy atom. The second-order valence-electron chi connectivity index (χ2n) is 4.34. The third-order valence-corrected chi connectivity index (χ3v) is 3.37. The number of halogens is 1. The fourth-order valence-electron chi connectivity index (χ4n) is 1.04. The van der Waals surface area contributed by atoms with Crippen LogP contribution < -0.4 is 5.32 Å². The van der Waals surface area contributed by atoms with E-state index in [1.54, 1.807) is 13.1 Å². The number of nitrogens with one attached hydrogen (secondary N) is 1. The second kappa shape index (κ2) is 4.49. The molecule has 0 bridgehead atoms. The number of nitrogens with zero attached hydrogens (tertiary/aromatic N) is 1. The third-order valence-electron chi connectivity index (χ3n) is 2.54. The first-order chi connectivity index (χ1) is 6.83. The molecule has 0 aliphatic carbocycles. The van der Waals surface area contributed by atoms with Crippen LogP contribution in [0.4, 0.5) is 5.82 Å². The highest BCUT2D eigenvalue weighted by Crippen LogP contribution is 2.21. The number of rotatable bonds is 3. The smallest absolute Gasteiger partial charge is 0.126 e. The Morgan fingerprint density at radius 2 is 2.13 bits per heavy atom. The summed E-state index contributed by atoms with van der Waals surface area (Å²) in [5.41, 5.74) is 0.738. The Morgan fingerprint density at radius 3 is 2.60 bits per heavy atom. The van der Waals surface area contributed by atoms with Crippen molar-refractivity contribution in [1.29, 1.82) is 0 Å². The van der Waals surface area contributed by atoms with Gasteiger partial charge in [-0.25, -0.2) is 4.98 Å². The average Bonchev–Trinajstić information content (AvgIpc) is 2.10. The molecule has 1 unspecified atom stereocenters. The Kier molecular flexibility index (Phi) is 3.73. The van der Waals surface area contributed by atoms with Gasteiger partial charge in [0.25, 0.3) is 0 Å². The van der Waals surface area contributed by atoms with Crippen molar-refractivity contribution in [3.05, 3.63) is 22.3 Å². The van der Waals surface area contributed by atoms with Crippen molar-refractivity contribution < 1.29 is 5.11 Å². The molecule has 1 heterocycles. The van der Waals surface area contributed by atoms with Gasteiger partial charge in [0.15, 0.2) is 0 Å². The summed E-state index contributed by atoms with van der Waals surface area (Å²) in [6, 6.07) is 1.95. The topological polar surface area (TPSA) is 45.1 Å². The summed E-state index contributed by atoms with van der Waals surface area (Å²) in [5, 5.41) is 12.8. The minimum Gasteiger partial charge on any atom is -0.391 e. The highest BCUT2D eigenvalue weighted by atomic mass is 79.9. The van der Waals surface area contributed by atoms with Crippen molar-refractivity contribution >= 4 is 21.7 Å². The molecule has 0 saturated carbocycles. The summed E-state index contributed by atoms with van der Waals surface area (Å²) in [4.78, 5) is 4.24. The number of aromatic nitrogens is 1. The van der Waals surface area contributed by atoms with Crippen molar-refractivity contribution in [2.75, 3.05) is 5.32 Å². The lowest BCUT2D eigenvalue weighted by Gasteiger charge is -2.30. The van der Waals surface area contributed by atoms with E-state index in [1.165, 1.54) is 0 Å². The molecule has 1 aromatic rings. The molecule has 2 N–H and O–H groups in total. The summed E-state index contributed by atoms with van der Waals surface area (Å²) in [6.45, 7) is 7.65. The van der Waals surface area contributed by atoms with Gasteiger partial charge in [0.2, 0.25) is 0 Å². The van der Waals surface area contributed by atoms with Crippen LogP contribution in [-0.4, -0.2) is 21.7 Å². The van der Waals surface area contributed by atoms with E-state index in [0.29, 0.717) is 0 Å². The van der Waals surface area contributed by atoms with Crippen LogP contribution in [0, 0.1) is 6.92 Å². The van der Waals surface area contributed by atoms with Crippen LogP contribution in [0.15, 0.2) is 16.7 Å². The van der Waals surface area contributed by atoms with E-state index in [2.05, 4.69) is 26.2 Å². The van der Waals surface area contributed by atoms with Gasteiger partial charge in [0.1, 0.15) is 5.82 Å². The summed E-state index contributed by atoms with van der Waals surface area (Å²) in [7, 11) is 0. The fourth-order valence-corrected chi connectivity index (χ4v) is 1.26. The molecule has 1 rings (SSSR count). The lowest BCUT2D eigenvalue weighted by atomic mass is 9.99. The van der Waals surface area contributed by atoms with Gasteiger partial charge in [0, 0.05) is 10.7 Å². The molecule has 0 aliphatic rings. The average molecular weight is 273 g/mol. The maximum absolute atomic E-state index is 9.57. The van der Waals surface area contributed by atoms with Crippen molar-refractivity contribution in [1.82, 2.24) is 4.98 Å². The third kappa shape index (κ3) is 3.18. The van der Waals surface area contributed by atoms with Crippen LogP contribution >= 0.6 is 15.9 Å². The summed E-state index contributed by atoms with van der Waals surface area (Å²) in [5.74, 6) is 0.779. The molecule has 0 amide bonds. The largest absolute Gasteiger partial charge is 0.391 e. The summed E-state index contributed by atoms with van der Waals surface area (Å²) < 4.78 is 0.989. The highest BCUT2D eigenvalue weighted by molar-refractivity contribution is 9.10. The van der Waals surface area contributed by atoms with Gasteiger partial charge < -0.3 is 10.4 Å². The van der Waals surface area contributed by atoms with Crippen LogP contribution in [-0.2, 0) is 0 Å². The Labute approximate surface area is 99.1 Å². The zero-order valence-electron chi connectivity index (χ0n) is 9.50. The van der Waals surface area contributed by atoms with Crippen molar-refractivity contribution in [3.8, 4) is 0 Å². The van der Waals surface area contributed by atoms with Crippen molar-refractivity contribution in [2.24, 2.45) is 0 Å². The van der Waals surface area contributed by atoms with Crippen LogP contribution in [0.2, 0.25) is 0 Å². The molecule has 3 nitrogen and oxygen atoms in total. The van der Waals surface area contributed by atoms with Gasteiger partial charge in [0.05, 0.1) is 11.6 Å². The quantitative estimate of drug-likeness (QED) is 0.890. The van der Waals surface area contributed by atoms with Crippen LogP contribution in [0.5, 0.6) is 0 Å². The van der Waals surface area contributed by atoms with Gasteiger partial charge >= 0.3 is 0 Å². The molecule has 0 fully saturated rings. The number of pyridine rings is 1. The lowest BCUT2D eigenvalue weighted by molar-refractivity contribution is 0.133. The van der Waals surface area contributed by atoms with Crippen molar-refractivity contribution in [3.63, 3.8) is 0 Å². The molecule has 84 valence electrons.